The fraction of sp³-hybridized carbons (Fsp3) is 0.667. The number of fused-ring (bicyclic) bond motifs is 1. The Hall–Kier alpha value is -0.870. The van der Waals surface area contributed by atoms with Crippen LogP contribution in [0, 0.1) is 5.92 Å². The number of nitrogens with zero attached hydrogens (tertiary/aromatic N) is 1. The molecule has 0 bridgehead atoms. The first-order valence-electron chi connectivity index (χ1n) is 7.32. The zero-order chi connectivity index (χ0) is 13.4. The zero-order valence-electron chi connectivity index (χ0n) is 11.7. The van der Waals surface area contributed by atoms with Crippen molar-refractivity contribution in [2.24, 2.45) is 5.92 Å². The van der Waals surface area contributed by atoms with Gasteiger partial charge in [0.2, 0.25) is 5.91 Å². The van der Waals surface area contributed by atoms with Crippen LogP contribution in [0.1, 0.15) is 43.2 Å². The molecule has 1 amide bonds. The number of thiophene rings is 1. The monoisotopic (exact) mass is 278 g/mol. The lowest BCUT2D eigenvalue weighted by Gasteiger charge is -2.37. The number of nitrogens with one attached hydrogen (secondary N) is 1. The van der Waals surface area contributed by atoms with E-state index in [-0.39, 0.29) is 12.1 Å². The van der Waals surface area contributed by atoms with E-state index in [9.17, 15) is 4.79 Å². The van der Waals surface area contributed by atoms with Crippen molar-refractivity contribution in [3.8, 4) is 0 Å². The average Bonchev–Trinajstić information content (AvgIpc) is 3.04. The van der Waals surface area contributed by atoms with Gasteiger partial charge in [0, 0.05) is 11.4 Å². The van der Waals surface area contributed by atoms with Crippen LogP contribution in [0.4, 0.5) is 0 Å². The van der Waals surface area contributed by atoms with Crippen LogP contribution in [0.3, 0.4) is 0 Å². The van der Waals surface area contributed by atoms with Crippen molar-refractivity contribution in [1.29, 1.82) is 0 Å². The molecule has 104 valence electrons. The van der Waals surface area contributed by atoms with E-state index in [0.29, 0.717) is 11.8 Å². The van der Waals surface area contributed by atoms with Gasteiger partial charge < -0.3 is 10.2 Å². The Kier molecular flexibility index (Phi) is 3.63. The van der Waals surface area contributed by atoms with Crippen LogP contribution in [0.2, 0.25) is 0 Å². The Balaban J connectivity index is 1.83. The number of hydrogen-bond acceptors (Lipinski definition) is 3. The maximum atomic E-state index is 12.8. The van der Waals surface area contributed by atoms with E-state index in [1.165, 1.54) is 10.4 Å². The molecule has 0 aromatic carbocycles. The van der Waals surface area contributed by atoms with Crippen molar-refractivity contribution in [3.63, 3.8) is 0 Å². The molecule has 2 aliphatic rings. The fourth-order valence-corrected chi connectivity index (χ4v) is 4.37. The average molecular weight is 278 g/mol. The molecule has 1 aromatic heterocycles. The Morgan fingerprint density at radius 1 is 1.58 bits per heavy atom. The molecule has 0 saturated carbocycles. The van der Waals surface area contributed by atoms with Crippen molar-refractivity contribution in [2.75, 3.05) is 13.1 Å². The smallest absolute Gasteiger partial charge is 0.240 e. The highest BCUT2D eigenvalue weighted by molar-refractivity contribution is 7.10. The molecule has 1 fully saturated rings. The predicted octanol–water partition coefficient (Wildman–Crippen LogP) is 2.58. The summed E-state index contributed by atoms with van der Waals surface area (Å²) in [4.78, 5) is 16.4. The molecule has 3 nitrogen and oxygen atoms in total. The lowest BCUT2D eigenvalue weighted by Crippen LogP contribution is -2.49. The zero-order valence-corrected chi connectivity index (χ0v) is 12.5. The minimum Gasteiger partial charge on any atom is -0.334 e. The first kappa shape index (κ1) is 13.1. The first-order valence-corrected chi connectivity index (χ1v) is 8.20. The molecule has 2 aliphatic heterocycles. The molecule has 1 saturated heterocycles. The summed E-state index contributed by atoms with van der Waals surface area (Å²) in [5, 5.41) is 5.54. The third-order valence-electron chi connectivity index (χ3n) is 4.56. The molecule has 3 unspecified atom stereocenters. The molecular formula is C15H22N2OS. The van der Waals surface area contributed by atoms with Gasteiger partial charge in [-0.1, -0.05) is 13.8 Å². The predicted molar refractivity (Wildman–Crippen MR) is 78.3 cm³/mol. The van der Waals surface area contributed by atoms with E-state index in [0.717, 1.165) is 32.4 Å². The molecule has 3 rings (SSSR count). The number of hydrogen-bond donors (Lipinski definition) is 1. The van der Waals surface area contributed by atoms with Gasteiger partial charge in [0.15, 0.2) is 0 Å². The van der Waals surface area contributed by atoms with Crippen LogP contribution in [-0.4, -0.2) is 29.9 Å². The molecule has 3 heterocycles. The van der Waals surface area contributed by atoms with Gasteiger partial charge >= 0.3 is 0 Å². The maximum Gasteiger partial charge on any atom is 0.240 e. The van der Waals surface area contributed by atoms with E-state index in [1.807, 2.05) is 11.3 Å². The van der Waals surface area contributed by atoms with Gasteiger partial charge in [0.1, 0.15) is 0 Å². The van der Waals surface area contributed by atoms with Gasteiger partial charge in [-0.15, -0.1) is 11.3 Å². The second-order valence-electron chi connectivity index (χ2n) is 5.70. The molecule has 0 radical (unpaired) electrons. The van der Waals surface area contributed by atoms with Crippen molar-refractivity contribution >= 4 is 17.2 Å². The van der Waals surface area contributed by atoms with Gasteiger partial charge in [-0.05, 0) is 48.7 Å². The van der Waals surface area contributed by atoms with Crippen LogP contribution >= 0.6 is 11.3 Å². The molecule has 1 N–H and O–H groups in total. The van der Waals surface area contributed by atoms with Crippen LogP contribution in [0.5, 0.6) is 0 Å². The van der Waals surface area contributed by atoms with Gasteiger partial charge in [-0.3, -0.25) is 4.79 Å². The van der Waals surface area contributed by atoms with Crippen molar-refractivity contribution in [2.45, 2.75) is 45.2 Å². The van der Waals surface area contributed by atoms with Gasteiger partial charge in [-0.25, -0.2) is 0 Å². The number of rotatable bonds is 2. The van der Waals surface area contributed by atoms with Crippen LogP contribution in [0.15, 0.2) is 11.4 Å². The van der Waals surface area contributed by atoms with E-state index >= 15 is 0 Å². The standard InChI is InChI=1S/C15H22N2OS/c1-3-12-11-6-9-19-13(11)5-8-17(12)15(18)14-10(2)4-7-16-14/h6,9-10,12,14,16H,3-5,7-8H2,1-2H3. The summed E-state index contributed by atoms with van der Waals surface area (Å²) in [6.45, 7) is 6.23. The first-order chi connectivity index (χ1) is 9.22. The van der Waals surface area contributed by atoms with Crippen LogP contribution < -0.4 is 5.32 Å². The second kappa shape index (κ2) is 5.25. The highest BCUT2D eigenvalue weighted by Gasteiger charge is 2.37. The summed E-state index contributed by atoms with van der Waals surface area (Å²) in [5.41, 5.74) is 1.39. The maximum absolute atomic E-state index is 12.8. The highest BCUT2D eigenvalue weighted by Crippen LogP contribution is 2.36. The molecule has 4 heteroatoms. The second-order valence-corrected chi connectivity index (χ2v) is 6.70. The lowest BCUT2D eigenvalue weighted by atomic mass is 9.95. The Bertz CT molecular complexity index is 470. The minimum absolute atomic E-state index is 0.0363. The van der Waals surface area contributed by atoms with Gasteiger partial charge in [0.25, 0.3) is 0 Å². The van der Waals surface area contributed by atoms with Crippen LogP contribution in [0.25, 0.3) is 0 Å². The Morgan fingerprint density at radius 2 is 2.42 bits per heavy atom. The largest absolute Gasteiger partial charge is 0.334 e. The van der Waals surface area contributed by atoms with E-state index < -0.39 is 0 Å². The van der Waals surface area contributed by atoms with E-state index in [2.05, 4.69) is 35.5 Å². The fourth-order valence-electron chi connectivity index (χ4n) is 3.44. The Labute approximate surface area is 119 Å². The van der Waals surface area contributed by atoms with Crippen molar-refractivity contribution < 1.29 is 4.79 Å². The van der Waals surface area contributed by atoms with E-state index in [4.69, 9.17) is 0 Å². The summed E-state index contributed by atoms with van der Waals surface area (Å²) in [7, 11) is 0. The molecule has 0 aliphatic carbocycles. The summed E-state index contributed by atoms with van der Waals surface area (Å²) >= 11 is 1.84. The number of amides is 1. The molecule has 3 atom stereocenters. The van der Waals surface area contributed by atoms with Gasteiger partial charge in [-0.2, -0.15) is 0 Å². The third-order valence-corrected chi connectivity index (χ3v) is 5.56. The summed E-state index contributed by atoms with van der Waals surface area (Å²) < 4.78 is 0. The summed E-state index contributed by atoms with van der Waals surface area (Å²) in [6, 6.07) is 2.53. The highest BCUT2D eigenvalue weighted by atomic mass is 32.1. The van der Waals surface area contributed by atoms with Crippen molar-refractivity contribution in [3.05, 3.63) is 21.9 Å². The SMILES string of the molecule is CCC1c2ccsc2CCN1C(=O)C1NCCC1C. The third kappa shape index (κ3) is 2.21. The van der Waals surface area contributed by atoms with Crippen LogP contribution in [-0.2, 0) is 11.2 Å². The molecule has 1 aromatic rings. The normalized spacial score (nSPS) is 30.4. The van der Waals surface area contributed by atoms with Crippen molar-refractivity contribution in [1.82, 2.24) is 10.2 Å². The van der Waals surface area contributed by atoms with Gasteiger partial charge in [0.05, 0.1) is 12.1 Å². The quantitative estimate of drug-likeness (QED) is 0.902. The minimum atomic E-state index is 0.0363. The number of carbonyl (C=O) groups is 1. The summed E-state index contributed by atoms with van der Waals surface area (Å²) in [5.74, 6) is 0.780. The number of carbonyl (C=O) groups excluding carboxylic acids is 1. The molecule has 19 heavy (non-hydrogen) atoms. The molecular weight excluding hydrogens is 256 g/mol. The topological polar surface area (TPSA) is 32.3 Å². The summed E-state index contributed by atoms with van der Waals surface area (Å²) in [6.07, 6.45) is 3.15. The Morgan fingerprint density at radius 3 is 3.11 bits per heavy atom. The van der Waals surface area contributed by atoms with E-state index in [1.54, 1.807) is 0 Å². The lowest BCUT2D eigenvalue weighted by molar-refractivity contribution is -0.137. The molecule has 0 spiro atoms.